The van der Waals surface area contributed by atoms with Gasteiger partial charge < -0.3 is 14.6 Å². The molecular formula is C11H16N2O3. The average Bonchev–Trinajstić information content (AvgIpc) is 2.69. The van der Waals surface area contributed by atoms with E-state index < -0.39 is 0 Å². The third-order valence-electron chi connectivity index (χ3n) is 2.17. The summed E-state index contributed by atoms with van der Waals surface area (Å²) in [4.78, 5) is 22.1. The molecule has 0 unspecified atom stereocenters. The maximum Gasteiger partial charge on any atom is 0.306 e. The fourth-order valence-corrected chi connectivity index (χ4v) is 1.27. The van der Waals surface area contributed by atoms with Crippen LogP contribution in [-0.2, 0) is 27.9 Å². The van der Waals surface area contributed by atoms with Crippen molar-refractivity contribution in [2.45, 2.75) is 19.4 Å². The van der Waals surface area contributed by atoms with Crippen molar-refractivity contribution in [2.24, 2.45) is 7.05 Å². The van der Waals surface area contributed by atoms with Crippen LogP contribution in [0.5, 0.6) is 0 Å². The number of aryl methyl sites for hydroxylation is 1. The number of rotatable bonds is 5. The monoisotopic (exact) mass is 224 g/mol. The summed E-state index contributed by atoms with van der Waals surface area (Å²) in [6.07, 6.45) is 4.13. The second-order valence-electron chi connectivity index (χ2n) is 3.54. The number of esters is 1. The van der Waals surface area contributed by atoms with E-state index in [1.807, 2.05) is 30.1 Å². The van der Waals surface area contributed by atoms with Gasteiger partial charge in [-0.3, -0.25) is 9.59 Å². The fraction of sp³-hybridized carbons (Fsp3) is 0.455. The van der Waals surface area contributed by atoms with Crippen molar-refractivity contribution >= 4 is 11.9 Å². The van der Waals surface area contributed by atoms with Crippen LogP contribution in [0.3, 0.4) is 0 Å². The first kappa shape index (κ1) is 12.3. The zero-order chi connectivity index (χ0) is 12.0. The number of amides is 1. The van der Waals surface area contributed by atoms with Gasteiger partial charge in [-0.05, 0) is 11.6 Å². The third-order valence-corrected chi connectivity index (χ3v) is 2.17. The molecule has 1 heterocycles. The largest absolute Gasteiger partial charge is 0.469 e. The summed E-state index contributed by atoms with van der Waals surface area (Å²) >= 11 is 0. The van der Waals surface area contributed by atoms with E-state index in [2.05, 4.69) is 10.1 Å². The lowest BCUT2D eigenvalue weighted by Gasteiger charge is -2.02. The molecule has 1 rings (SSSR count). The smallest absolute Gasteiger partial charge is 0.306 e. The van der Waals surface area contributed by atoms with Crippen molar-refractivity contribution in [1.82, 2.24) is 9.88 Å². The minimum atomic E-state index is -0.366. The van der Waals surface area contributed by atoms with E-state index in [9.17, 15) is 9.59 Å². The summed E-state index contributed by atoms with van der Waals surface area (Å²) in [7, 11) is 3.23. The molecule has 0 aliphatic heterocycles. The normalized spacial score (nSPS) is 9.88. The summed E-state index contributed by atoms with van der Waals surface area (Å²) in [6, 6.07) is 1.93. The van der Waals surface area contributed by atoms with E-state index in [0.717, 1.165) is 5.56 Å². The van der Waals surface area contributed by atoms with Gasteiger partial charge in [0.1, 0.15) is 0 Å². The highest BCUT2D eigenvalue weighted by Crippen LogP contribution is 1.99. The summed E-state index contributed by atoms with van der Waals surface area (Å²) in [6.45, 7) is 0.487. The molecule has 16 heavy (non-hydrogen) atoms. The topological polar surface area (TPSA) is 60.3 Å². The van der Waals surface area contributed by atoms with Gasteiger partial charge in [-0.15, -0.1) is 0 Å². The number of carbonyl (C=O) groups is 2. The van der Waals surface area contributed by atoms with E-state index in [-0.39, 0.29) is 24.7 Å². The van der Waals surface area contributed by atoms with E-state index in [1.54, 1.807) is 0 Å². The van der Waals surface area contributed by atoms with Gasteiger partial charge in [-0.2, -0.15) is 0 Å². The summed E-state index contributed by atoms with van der Waals surface area (Å²) in [5.74, 6) is -0.510. The van der Waals surface area contributed by atoms with Crippen LogP contribution in [0, 0.1) is 0 Å². The maximum atomic E-state index is 11.3. The Morgan fingerprint density at radius 2 is 2.19 bits per heavy atom. The van der Waals surface area contributed by atoms with Crippen molar-refractivity contribution in [2.75, 3.05) is 7.11 Å². The molecule has 1 aromatic rings. The van der Waals surface area contributed by atoms with Crippen LogP contribution in [0.2, 0.25) is 0 Å². The third kappa shape index (κ3) is 4.16. The Kier molecular flexibility index (Phi) is 4.57. The first-order valence-electron chi connectivity index (χ1n) is 5.06. The van der Waals surface area contributed by atoms with Crippen molar-refractivity contribution in [3.63, 3.8) is 0 Å². The zero-order valence-electron chi connectivity index (χ0n) is 9.53. The van der Waals surface area contributed by atoms with Crippen molar-refractivity contribution in [3.8, 4) is 0 Å². The molecule has 1 aromatic heterocycles. The molecule has 0 bridgehead atoms. The Hall–Kier alpha value is -1.78. The molecule has 5 heteroatoms. The van der Waals surface area contributed by atoms with Crippen molar-refractivity contribution in [1.29, 1.82) is 0 Å². The number of nitrogens with zero attached hydrogens (tertiary/aromatic N) is 1. The molecule has 0 fully saturated rings. The number of methoxy groups -OCH3 is 1. The predicted octanol–water partition coefficient (Wildman–Crippen LogP) is 0.594. The van der Waals surface area contributed by atoms with Gasteiger partial charge in [0.25, 0.3) is 0 Å². The minimum absolute atomic E-state index is 0.122. The van der Waals surface area contributed by atoms with Crippen LogP contribution < -0.4 is 5.32 Å². The number of hydrogen-bond donors (Lipinski definition) is 1. The second kappa shape index (κ2) is 5.95. The molecule has 88 valence electrons. The quantitative estimate of drug-likeness (QED) is 0.745. The Bertz CT molecular complexity index is 371. The Morgan fingerprint density at radius 1 is 1.44 bits per heavy atom. The Morgan fingerprint density at radius 3 is 2.75 bits per heavy atom. The second-order valence-corrected chi connectivity index (χ2v) is 3.54. The molecule has 0 radical (unpaired) electrons. The molecule has 0 aliphatic rings. The SMILES string of the molecule is COC(=O)CCC(=O)NCc1ccn(C)c1. The van der Waals surface area contributed by atoms with Gasteiger partial charge in [0, 0.05) is 32.4 Å². The average molecular weight is 224 g/mol. The number of aromatic nitrogens is 1. The van der Waals surface area contributed by atoms with Crippen LogP contribution in [-0.4, -0.2) is 23.6 Å². The summed E-state index contributed by atoms with van der Waals surface area (Å²) < 4.78 is 6.36. The lowest BCUT2D eigenvalue weighted by Crippen LogP contribution is -2.23. The van der Waals surface area contributed by atoms with Crippen LogP contribution in [0.15, 0.2) is 18.5 Å². The maximum absolute atomic E-state index is 11.3. The van der Waals surface area contributed by atoms with Gasteiger partial charge in [0.2, 0.25) is 5.91 Å². The van der Waals surface area contributed by atoms with E-state index >= 15 is 0 Å². The van der Waals surface area contributed by atoms with Crippen LogP contribution in [0.4, 0.5) is 0 Å². The van der Waals surface area contributed by atoms with Gasteiger partial charge in [-0.1, -0.05) is 0 Å². The molecule has 0 spiro atoms. The molecule has 0 saturated carbocycles. The molecule has 0 aromatic carbocycles. The van der Waals surface area contributed by atoms with Crippen LogP contribution >= 0.6 is 0 Å². The first-order valence-corrected chi connectivity index (χ1v) is 5.06. The van der Waals surface area contributed by atoms with Crippen LogP contribution in [0.25, 0.3) is 0 Å². The lowest BCUT2D eigenvalue weighted by atomic mass is 10.3. The highest BCUT2D eigenvalue weighted by molar-refractivity contribution is 5.81. The van der Waals surface area contributed by atoms with Crippen LogP contribution in [0.1, 0.15) is 18.4 Å². The molecule has 1 N–H and O–H groups in total. The number of carbonyl (C=O) groups excluding carboxylic acids is 2. The fourth-order valence-electron chi connectivity index (χ4n) is 1.27. The molecule has 0 aliphatic carbocycles. The zero-order valence-corrected chi connectivity index (χ0v) is 9.53. The standard InChI is InChI=1S/C11H16N2O3/c1-13-6-5-9(8-13)7-12-10(14)3-4-11(15)16-2/h5-6,8H,3-4,7H2,1-2H3,(H,12,14). The van der Waals surface area contributed by atoms with Gasteiger partial charge in [0.15, 0.2) is 0 Å². The number of ether oxygens (including phenoxy) is 1. The number of nitrogens with one attached hydrogen (secondary N) is 1. The lowest BCUT2D eigenvalue weighted by molar-refractivity contribution is -0.142. The number of hydrogen-bond acceptors (Lipinski definition) is 3. The van der Waals surface area contributed by atoms with Gasteiger partial charge in [0.05, 0.1) is 13.5 Å². The summed E-state index contributed by atoms with van der Waals surface area (Å²) in [5, 5.41) is 2.73. The minimum Gasteiger partial charge on any atom is -0.469 e. The van der Waals surface area contributed by atoms with E-state index in [4.69, 9.17) is 0 Å². The Labute approximate surface area is 94.4 Å². The van der Waals surface area contributed by atoms with Crippen molar-refractivity contribution in [3.05, 3.63) is 24.0 Å². The highest BCUT2D eigenvalue weighted by Gasteiger charge is 2.06. The predicted molar refractivity (Wildman–Crippen MR) is 58.5 cm³/mol. The van der Waals surface area contributed by atoms with E-state index in [1.165, 1.54) is 7.11 Å². The highest BCUT2D eigenvalue weighted by atomic mass is 16.5. The molecular weight excluding hydrogens is 208 g/mol. The van der Waals surface area contributed by atoms with E-state index in [0.29, 0.717) is 6.54 Å². The molecule has 1 amide bonds. The van der Waals surface area contributed by atoms with Gasteiger partial charge in [-0.25, -0.2) is 0 Å². The Balaban J connectivity index is 2.22. The van der Waals surface area contributed by atoms with Crippen molar-refractivity contribution < 1.29 is 14.3 Å². The molecule has 0 atom stereocenters. The molecule has 0 saturated heterocycles. The van der Waals surface area contributed by atoms with Gasteiger partial charge >= 0.3 is 5.97 Å². The molecule has 5 nitrogen and oxygen atoms in total. The first-order chi connectivity index (χ1) is 7.61. The summed E-state index contributed by atoms with van der Waals surface area (Å²) in [5.41, 5.74) is 1.04.